The number of nitrogens with zero attached hydrogens (tertiary/aromatic N) is 1. The molecule has 0 aromatic heterocycles. The molecule has 25 heavy (non-hydrogen) atoms. The lowest BCUT2D eigenvalue weighted by Gasteiger charge is -2.01. The van der Waals surface area contributed by atoms with Gasteiger partial charge in [0.1, 0.15) is 11.8 Å². The number of carboxylic acid groups (broad SMARTS) is 1. The van der Waals surface area contributed by atoms with E-state index in [0.29, 0.717) is 11.3 Å². The minimum absolute atomic E-state index is 0.137. The van der Waals surface area contributed by atoms with Crippen molar-refractivity contribution >= 4 is 29.6 Å². The Morgan fingerprint density at radius 1 is 1.20 bits per heavy atom. The Labute approximate surface area is 143 Å². The standard InChI is InChI=1S/C19H12N2O4/c20-10-13-8-14-16(9-15(13)21)25-17(19(14)24)7-12-3-1-11(2-4-12)5-6-18(22)23/h1-9H,21H2,(H,22,23)/b6-5+,17-7-. The van der Waals surface area contributed by atoms with Gasteiger partial charge in [-0.15, -0.1) is 0 Å². The molecule has 6 heteroatoms. The summed E-state index contributed by atoms with van der Waals surface area (Å²) in [6.07, 6.45) is 4.10. The van der Waals surface area contributed by atoms with Gasteiger partial charge in [0.15, 0.2) is 5.76 Å². The molecule has 1 heterocycles. The van der Waals surface area contributed by atoms with E-state index >= 15 is 0 Å². The van der Waals surface area contributed by atoms with Gasteiger partial charge in [-0.25, -0.2) is 4.79 Å². The van der Waals surface area contributed by atoms with Crippen LogP contribution in [0, 0.1) is 11.3 Å². The Balaban J connectivity index is 1.87. The Morgan fingerprint density at radius 3 is 2.52 bits per heavy atom. The normalized spacial score (nSPS) is 14.4. The van der Waals surface area contributed by atoms with Crippen LogP contribution in [0.25, 0.3) is 12.2 Å². The number of ketones is 1. The van der Waals surface area contributed by atoms with Gasteiger partial charge in [-0.2, -0.15) is 5.26 Å². The molecule has 0 fully saturated rings. The number of carbonyl (C=O) groups is 2. The predicted molar refractivity (Wildman–Crippen MR) is 91.6 cm³/mol. The van der Waals surface area contributed by atoms with Gasteiger partial charge < -0.3 is 15.6 Å². The number of benzene rings is 2. The summed E-state index contributed by atoms with van der Waals surface area (Å²) in [6, 6.07) is 11.8. The Bertz CT molecular complexity index is 980. The zero-order valence-corrected chi connectivity index (χ0v) is 12.9. The van der Waals surface area contributed by atoms with Crippen LogP contribution < -0.4 is 10.5 Å². The van der Waals surface area contributed by atoms with Crippen molar-refractivity contribution in [2.45, 2.75) is 0 Å². The SMILES string of the molecule is N#Cc1cc2c(cc1N)O/C(=C\c1ccc(/C=C/C(=O)O)cc1)C2=O. The molecule has 0 bridgehead atoms. The van der Waals surface area contributed by atoms with E-state index in [0.717, 1.165) is 17.2 Å². The molecule has 0 aliphatic carbocycles. The van der Waals surface area contributed by atoms with Gasteiger partial charge in [0.05, 0.1) is 16.8 Å². The first-order valence-electron chi connectivity index (χ1n) is 7.27. The van der Waals surface area contributed by atoms with Crippen LogP contribution in [-0.4, -0.2) is 16.9 Å². The van der Waals surface area contributed by atoms with E-state index in [4.69, 9.17) is 20.8 Å². The van der Waals surface area contributed by atoms with Crippen molar-refractivity contribution in [1.82, 2.24) is 0 Å². The first-order valence-corrected chi connectivity index (χ1v) is 7.27. The molecule has 0 saturated heterocycles. The van der Waals surface area contributed by atoms with Gasteiger partial charge in [-0.1, -0.05) is 24.3 Å². The van der Waals surface area contributed by atoms with Crippen LogP contribution in [0.1, 0.15) is 27.0 Å². The largest absolute Gasteiger partial charge is 0.478 e. The fourth-order valence-electron chi connectivity index (χ4n) is 2.37. The number of ether oxygens (including phenoxy) is 1. The molecule has 2 aromatic rings. The minimum atomic E-state index is -1.02. The van der Waals surface area contributed by atoms with Gasteiger partial charge in [0.25, 0.3) is 0 Å². The molecule has 6 nitrogen and oxygen atoms in total. The molecule has 0 radical (unpaired) electrons. The molecular formula is C19H12N2O4. The molecular weight excluding hydrogens is 320 g/mol. The van der Waals surface area contributed by atoms with Crippen LogP contribution in [0.5, 0.6) is 5.75 Å². The maximum absolute atomic E-state index is 12.4. The summed E-state index contributed by atoms with van der Waals surface area (Å²) in [4.78, 5) is 22.9. The van der Waals surface area contributed by atoms with Gasteiger partial charge in [-0.3, -0.25) is 4.79 Å². The smallest absolute Gasteiger partial charge is 0.328 e. The first kappa shape index (κ1) is 16.0. The monoisotopic (exact) mass is 332 g/mol. The Kier molecular flexibility index (Phi) is 4.06. The number of nitriles is 1. The number of rotatable bonds is 3. The topological polar surface area (TPSA) is 113 Å². The fraction of sp³-hybridized carbons (Fsp3) is 0. The number of nitrogen functional groups attached to an aromatic ring is 1. The van der Waals surface area contributed by atoms with Crippen molar-refractivity contribution in [3.05, 3.63) is 70.5 Å². The van der Waals surface area contributed by atoms with Crippen LogP contribution in [0.4, 0.5) is 5.69 Å². The average Bonchev–Trinajstić information content (AvgIpc) is 2.88. The van der Waals surface area contributed by atoms with E-state index in [1.54, 1.807) is 30.3 Å². The van der Waals surface area contributed by atoms with Crippen molar-refractivity contribution in [3.8, 4) is 11.8 Å². The highest BCUT2D eigenvalue weighted by Crippen LogP contribution is 2.35. The highest BCUT2D eigenvalue weighted by Gasteiger charge is 2.28. The molecule has 0 amide bonds. The van der Waals surface area contributed by atoms with Crippen molar-refractivity contribution in [2.24, 2.45) is 0 Å². The number of carbonyl (C=O) groups excluding carboxylic acids is 1. The summed E-state index contributed by atoms with van der Waals surface area (Å²) in [6.45, 7) is 0. The number of carboxylic acids is 1. The van der Waals surface area contributed by atoms with E-state index in [1.807, 2.05) is 6.07 Å². The third-order valence-electron chi connectivity index (χ3n) is 3.61. The lowest BCUT2D eigenvalue weighted by atomic mass is 10.0. The van der Waals surface area contributed by atoms with Crippen LogP contribution in [0.15, 0.2) is 48.2 Å². The maximum Gasteiger partial charge on any atom is 0.328 e. The van der Waals surface area contributed by atoms with E-state index in [9.17, 15) is 9.59 Å². The van der Waals surface area contributed by atoms with Crippen LogP contribution >= 0.6 is 0 Å². The van der Waals surface area contributed by atoms with Gasteiger partial charge in [-0.05, 0) is 29.3 Å². The van der Waals surface area contributed by atoms with Crippen molar-refractivity contribution in [1.29, 1.82) is 5.26 Å². The van der Waals surface area contributed by atoms with E-state index in [-0.39, 0.29) is 22.8 Å². The number of hydrogen-bond donors (Lipinski definition) is 2. The van der Waals surface area contributed by atoms with E-state index in [2.05, 4.69) is 0 Å². The molecule has 0 unspecified atom stereocenters. The second-order valence-corrected chi connectivity index (χ2v) is 5.33. The summed E-state index contributed by atoms with van der Waals surface area (Å²) in [5.41, 5.74) is 7.96. The third kappa shape index (κ3) is 3.26. The number of fused-ring (bicyclic) bond motifs is 1. The molecule has 0 saturated carbocycles. The van der Waals surface area contributed by atoms with Crippen molar-refractivity contribution in [3.63, 3.8) is 0 Å². The molecule has 2 aromatic carbocycles. The molecule has 1 aliphatic heterocycles. The molecule has 0 spiro atoms. The summed E-state index contributed by atoms with van der Waals surface area (Å²) < 4.78 is 5.54. The number of allylic oxidation sites excluding steroid dienone is 1. The maximum atomic E-state index is 12.4. The molecule has 122 valence electrons. The van der Waals surface area contributed by atoms with Crippen LogP contribution in [0.3, 0.4) is 0 Å². The lowest BCUT2D eigenvalue weighted by molar-refractivity contribution is -0.131. The number of anilines is 1. The number of Topliss-reactive ketones (excluding diaryl/α,β-unsaturated/α-hetero) is 1. The number of aliphatic carboxylic acids is 1. The third-order valence-corrected chi connectivity index (χ3v) is 3.61. The zero-order chi connectivity index (χ0) is 18.0. The first-order chi connectivity index (χ1) is 12.0. The second-order valence-electron chi connectivity index (χ2n) is 5.33. The molecule has 1 aliphatic rings. The predicted octanol–water partition coefficient (Wildman–Crippen LogP) is 2.85. The highest BCUT2D eigenvalue weighted by atomic mass is 16.5. The summed E-state index contributed by atoms with van der Waals surface area (Å²) in [5.74, 6) is -0.877. The van der Waals surface area contributed by atoms with Gasteiger partial charge in [0.2, 0.25) is 5.78 Å². The van der Waals surface area contributed by atoms with Gasteiger partial charge in [0, 0.05) is 12.1 Å². The summed E-state index contributed by atoms with van der Waals surface area (Å²) >= 11 is 0. The van der Waals surface area contributed by atoms with Crippen LogP contribution in [-0.2, 0) is 4.79 Å². The molecule has 3 N–H and O–H groups in total. The summed E-state index contributed by atoms with van der Waals surface area (Å²) in [7, 11) is 0. The summed E-state index contributed by atoms with van der Waals surface area (Å²) in [5, 5.41) is 17.6. The minimum Gasteiger partial charge on any atom is -0.478 e. The quantitative estimate of drug-likeness (QED) is 0.660. The van der Waals surface area contributed by atoms with Crippen molar-refractivity contribution in [2.75, 3.05) is 5.73 Å². The van der Waals surface area contributed by atoms with E-state index in [1.165, 1.54) is 18.2 Å². The van der Waals surface area contributed by atoms with Crippen LogP contribution in [0.2, 0.25) is 0 Å². The lowest BCUT2D eigenvalue weighted by Crippen LogP contribution is -1.98. The zero-order valence-electron chi connectivity index (χ0n) is 12.9. The Hall–Kier alpha value is -3.85. The molecule has 3 rings (SSSR count). The highest BCUT2D eigenvalue weighted by molar-refractivity contribution is 6.15. The number of nitrogens with two attached hydrogens (primary N) is 1. The fourth-order valence-corrected chi connectivity index (χ4v) is 2.37. The van der Waals surface area contributed by atoms with Crippen molar-refractivity contribution < 1.29 is 19.4 Å². The van der Waals surface area contributed by atoms with E-state index < -0.39 is 5.97 Å². The van der Waals surface area contributed by atoms with Gasteiger partial charge >= 0.3 is 5.97 Å². The second kappa shape index (κ2) is 6.34. The Morgan fingerprint density at radius 2 is 1.88 bits per heavy atom. The average molecular weight is 332 g/mol. The number of hydrogen-bond acceptors (Lipinski definition) is 5. The molecule has 0 atom stereocenters.